The topological polar surface area (TPSA) is 55.1 Å². The first-order chi connectivity index (χ1) is 9.76. The Morgan fingerprint density at radius 3 is 2.75 bits per heavy atom. The van der Waals surface area contributed by atoms with Crippen LogP contribution in [0.5, 0.6) is 0 Å². The number of aromatic nitrogens is 1. The van der Waals surface area contributed by atoms with E-state index in [-0.39, 0.29) is 5.91 Å². The Morgan fingerprint density at radius 1 is 1.20 bits per heavy atom. The lowest BCUT2D eigenvalue weighted by Crippen LogP contribution is -2.11. The number of anilines is 1. The van der Waals surface area contributed by atoms with Crippen LogP contribution in [0, 0.1) is 0 Å². The van der Waals surface area contributed by atoms with E-state index in [2.05, 4.69) is 10.3 Å². The van der Waals surface area contributed by atoms with Crippen molar-refractivity contribution in [2.75, 3.05) is 11.6 Å². The molecule has 1 heterocycles. The average Bonchev–Trinajstić information content (AvgIpc) is 2.90. The molecule has 0 aliphatic heterocycles. The Bertz CT molecular complexity index is 753. The lowest BCUT2D eigenvalue weighted by molar-refractivity contribution is 0.102. The minimum atomic E-state index is -0.140. The van der Waals surface area contributed by atoms with Crippen molar-refractivity contribution in [3.8, 4) is 0 Å². The highest BCUT2D eigenvalue weighted by Gasteiger charge is 2.08. The van der Waals surface area contributed by atoms with Crippen LogP contribution in [0.4, 0.5) is 5.69 Å². The molecule has 0 aliphatic carbocycles. The first-order valence-electron chi connectivity index (χ1n) is 6.07. The molecule has 0 atom stereocenters. The highest BCUT2D eigenvalue weighted by molar-refractivity contribution is 7.98. The van der Waals surface area contributed by atoms with Crippen molar-refractivity contribution < 1.29 is 9.21 Å². The van der Waals surface area contributed by atoms with E-state index in [0.717, 1.165) is 5.52 Å². The number of nitrogens with one attached hydrogen (secondary N) is 1. The summed E-state index contributed by atoms with van der Waals surface area (Å²) in [6, 6.07) is 14.5. The summed E-state index contributed by atoms with van der Waals surface area (Å²) in [6.45, 7) is 0. The molecule has 3 aromatic rings. The van der Waals surface area contributed by atoms with Crippen LogP contribution in [-0.4, -0.2) is 17.1 Å². The highest BCUT2D eigenvalue weighted by Crippen LogP contribution is 2.24. The van der Waals surface area contributed by atoms with Gasteiger partial charge >= 0.3 is 0 Å². The van der Waals surface area contributed by atoms with E-state index < -0.39 is 0 Å². The number of carbonyl (C=O) groups is 1. The van der Waals surface area contributed by atoms with E-state index in [1.807, 2.05) is 30.5 Å². The van der Waals surface area contributed by atoms with Crippen LogP contribution >= 0.6 is 11.8 Å². The van der Waals surface area contributed by atoms with Gasteiger partial charge in [0, 0.05) is 11.3 Å². The number of rotatable bonds is 3. The summed E-state index contributed by atoms with van der Waals surface area (Å²) in [5, 5.41) is 3.47. The number of hydrogen-bond acceptors (Lipinski definition) is 4. The van der Waals surface area contributed by atoms with Gasteiger partial charge in [-0.25, -0.2) is 4.98 Å². The molecule has 0 saturated heterocycles. The third kappa shape index (κ3) is 2.53. The van der Waals surface area contributed by atoms with E-state index in [4.69, 9.17) is 4.42 Å². The molecule has 20 heavy (non-hydrogen) atoms. The van der Waals surface area contributed by atoms with Gasteiger partial charge in [-0.2, -0.15) is 0 Å². The van der Waals surface area contributed by atoms with Crippen molar-refractivity contribution >= 4 is 34.5 Å². The molecule has 0 spiro atoms. The summed E-state index contributed by atoms with van der Waals surface area (Å²) in [4.78, 5) is 16.4. The molecule has 2 aromatic carbocycles. The molecule has 0 aliphatic rings. The molecule has 0 fully saturated rings. The Kier molecular flexibility index (Phi) is 3.43. The molecule has 4 nitrogen and oxygen atoms in total. The standard InChI is InChI=1S/C15H12N2O2S/c1-20-15-17-12-9-11(7-8-13(12)19-15)16-14(18)10-5-3-2-4-6-10/h2-9H,1H3,(H,16,18). The minimum Gasteiger partial charge on any atom is -0.431 e. The molecule has 0 unspecified atom stereocenters. The second-order valence-corrected chi connectivity index (χ2v) is 4.94. The number of nitrogens with zero attached hydrogens (tertiary/aromatic N) is 1. The highest BCUT2D eigenvalue weighted by atomic mass is 32.2. The SMILES string of the molecule is CSc1nc2cc(NC(=O)c3ccccc3)ccc2o1. The van der Waals surface area contributed by atoms with Crippen molar-refractivity contribution in [2.45, 2.75) is 5.22 Å². The van der Waals surface area contributed by atoms with Crippen molar-refractivity contribution in [1.82, 2.24) is 4.98 Å². The molecule has 5 heteroatoms. The van der Waals surface area contributed by atoms with Crippen LogP contribution in [0.2, 0.25) is 0 Å². The van der Waals surface area contributed by atoms with E-state index in [9.17, 15) is 4.79 Å². The van der Waals surface area contributed by atoms with Gasteiger partial charge in [-0.1, -0.05) is 30.0 Å². The Balaban J connectivity index is 1.85. The summed E-state index contributed by atoms with van der Waals surface area (Å²) in [5.74, 6) is -0.140. The molecule has 0 radical (unpaired) electrons. The fraction of sp³-hybridized carbons (Fsp3) is 0.0667. The quantitative estimate of drug-likeness (QED) is 0.743. The number of fused-ring (bicyclic) bond motifs is 1. The molecular weight excluding hydrogens is 272 g/mol. The number of thioether (sulfide) groups is 1. The fourth-order valence-electron chi connectivity index (χ4n) is 1.86. The second-order valence-electron chi connectivity index (χ2n) is 4.19. The maximum atomic E-state index is 12.1. The predicted molar refractivity (Wildman–Crippen MR) is 80.2 cm³/mol. The first-order valence-corrected chi connectivity index (χ1v) is 7.30. The molecule has 0 bridgehead atoms. The number of oxazole rings is 1. The van der Waals surface area contributed by atoms with Gasteiger partial charge in [0.25, 0.3) is 11.1 Å². The summed E-state index contributed by atoms with van der Waals surface area (Å²) < 4.78 is 5.50. The Morgan fingerprint density at radius 2 is 2.00 bits per heavy atom. The van der Waals surface area contributed by atoms with Gasteiger partial charge in [-0.05, 0) is 36.6 Å². The summed E-state index contributed by atoms with van der Waals surface area (Å²) in [5.41, 5.74) is 2.78. The number of carbonyl (C=O) groups excluding carboxylic acids is 1. The van der Waals surface area contributed by atoms with Gasteiger partial charge in [0.2, 0.25) is 0 Å². The van der Waals surface area contributed by atoms with E-state index in [1.54, 1.807) is 24.3 Å². The zero-order valence-corrected chi connectivity index (χ0v) is 11.6. The van der Waals surface area contributed by atoms with Crippen LogP contribution in [0.15, 0.2) is 58.2 Å². The van der Waals surface area contributed by atoms with Gasteiger partial charge in [-0.3, -0.25) is 4.79 Å². The minimum absolute atomic E-state index is 0.140. The normalized spacial score (nSPS) is 10.7. The van der Waals surface area contributed by atoms with Crippen molar-refractivity contribution in [3.05, 3.63) is 54.1 Å². The van der Waals surface area contributed by atoms with Gasteiger partial charge in [-0.15, -0.1) is 0 Å². The van der Waals surface area contributed by atoms with Crippen molar-refractivity contribution in [3.63, 3.8) is 0 Å². The number of hydrogen-bond donors (Lipinski definition) is 1. The molecule has 1 N–H and O–H groups in total. The monoisotopic (exact) mass is 284 g/mol. The molecular formula is C15H12N2O2S. The van der Waals surface area contributed by atoms with Gasteiger partial charge in [0.1, 0.15) is 5.52 Å². The van der Waals surface area contributed by atoms with Gasteiger partial charge in [0.15, 0.2) is 5.58 Å². The predicted octanol–water partition coefficient (Wildman–Crippen LogP) is 3.80. The van der Waals surface area contributed by atoms with Gasteiger partial charge in [0.05, 0.1) is 0 Å². The molecule has 100 valence electrons. The van der Waals surface area contributed by atoms with Crippen molar-refractivity contribution in [2.24, 2.45) is 0 Å². The summed E-state index contributed by atoms with van der Waals surface area (Å²) in [7, 11) is 0. The third-order valence-electron chi connectivity index (χ3n) is 2.84. The molecule has 1 aromatic heterocycles. The average molecular weight is 284 g/mol. The van der Waals surface area contributed by atoms with Crippen LogP contribution in [-0.2, 0) is 0 Å². The van der Waals surface area contributed by atoms with Crippen molar-refractivity contribution in [1.29, 1.82) is 0 Å². The van der Waals surface area contributed by atoms with Crippen LogP contribution in [0.1, 0.15) is 10.4 Å². The van der Waals surface area contributed by atoms with Gasteiger partial charge < -0.3 is 9.73 Å². The summed E-state index contributed by atoms with van der Waals surface area (Å²) >= 11 is 1.45. The fourth-order valence-corrected chi connectivity index (χ4v) is 2.23. The number of amides is 1. The molecule has 3 rings (SSSR count). The Labute approximate surface area is 120 Å². The Hall–Kier alpha value is -2.27. The number of benzene rings is 2. The zero-order valence-electron chi connectivity index (χ0n) is 10.8. The largest absolute Gasteiger partial charge is 0.431 e. The maximum Gasteiger partial charge on any atom is 0.256 e. The zero-order chi connectivity index (χ0) is 13.9. The lowest BCUT2D eigenvalue weighted by atomic mass is 10.2. The van der Waals surface area contributed by atoms with E-state index in [0.29, 0.717) is 22.1 Å². The van der Waals surface area contributed by atoms with Crippen LogP contribution in [0.3, 0.4) is 0 Å². The third-order valence-corrected chi connectivity index (χ3v) is 3.36. The maximum absolute atomic E-state index is 12.1. The summed E-state index contributed by atoms with van der Waals surface area (Å²) in [6.07, 6.45) is 1.91. The van der Waals surface area contributed by atoms with Crippen LogP contribution < -0.4 is 5.32 Å². The smallest absolute Gasteiger partial charge is 0.256 e. The second kappa shape index (κ2) is 5.38. The lowest BCUT2D eigenvalue weighted by Gasteiger charge is -2.04. The van der Waals surface area contributed by atoms with E-state index >= 15 is 0 Å². The first kappa shape index (κ1) is 12.7. The van der Waals surface area contributed by atoms with E-state index in [1.165, 1.54) is 11.8 Å². The molecule has 1 amide bonds. The molecule has 0 saturated carbocycles. The van der Waals surface area contributed by atoms with Crippen LogP contribution in [0.25, 0.3) is 11.1 Å².